The molecule has 0 aliphatic heterocycles. The van der Waals surface area contributed by atoms with Crippen LogP contribution in [0.3, 0.4) is 0 Å². The van der Waals surface area contributed by atoms with Crippen LogP contribution in [-0.2, 0) is 9.53 Å². The summed E-state index contributed by atoms with van der Waals surface area (Å²) in [6.45, 7) is -0.603. The molecule has 0 saturated carbocycles. The molecule has 1 aromatic heterocycles. The number of para-hydroxylation sites is 2. The Balaban J connectivity index is 1.54. The Bertz CT molecular complexity index is 1010. The summed E-state index contributed by atoms with van der Waals surface area (Å²) >= 11 is 0. The number of halogens is 3. The molecule has 0 saturated heterocycles. The molecule has 7 nitrogen and oxygen atoms in total. The zero-order valence-electron chi connectivity index (χ0n) is 14.1. The Hall–Kier alpha value is -3.69. The molecule has 3 aromatic rings. The molecule has 0 spiro atoms. The van der Waals surface area contributed by atoms with Crippen molar-refractivity contribution in [3.05, 3.63) is 60.4 Å². The monoisotopic (exact) mass is 391 g/mol. The highest BCUT2D eigenvalue weighted by Gasteiger charge is 2.30. The van der Waals surface area contributed by atoms with Gasteiger partial charge >= 0.3 is 12.3 Å². The first-order valence-corrected chi connectivity index (χ1v) is 7.85. The molecule has 144 valence electrons. The number of aromatic nitrogens is 2. The van der Waals surface area contributed by atoms with Crippen molar-refractivity contribution in [2.45, 2.75) is 6.36 Å². The summed E-state index contributed by atoms with van der Waals surface area (Å²) in [5.74, 6) is -1.93. The summed E-state index contributed by atoms with van der Waals surface area (Å²) in [5.41, 5.74) is 1.26. The topological polar surface area (TPSA) is 90.4 Å². The lowest BCUT2D eigenvalue weighted by Crippen LogP contribution is -2.21. The standard InChI is InChI=1S/C18H12F3N3O4/c19-18(20,21)28-12-7-5-11(6-8-12)23-16(25)10-27-17(26)15-9-22-13-3-1-2-4-14(13)24-15/h1-9H,10H2,(H,23,25). The fourth-order valence-electron chi connectivity index (χ4n) is 2.20. The van der Waals surface area contributed by atoms with Crippen molar-refractivity contribution in [2.75, 3.05) is 11.9 Å². The molecule has 3 rings (SSSR count). The van der Waals surface area contributed by atoms with Gasteiger partial charge in [0.15, 0.2) is 12.3 Å². The Morgan fingerprint density at radius 2 is 1.68 bits per heavy atom. The van der Waals surface area contributed by atoms with Gasteiger partial charge in [-0.25, -0.2) is 9.78 Å². The van der Waals surface area contributed by atoms with Crippen LogP contribution in [-0.4, -0.2) is 34.8 Å². The lowest BCUT2D eigenvalue weighted by atomic mass is 10.3. The minimum Gasteiger partial charge on any atom is -0.451 e. The smallest absolute Gasteiger partial charge is 0.451 e. The van der Waals surface area contributed by atoms with Crippen molar-refractivity contribution in [1.29, 1.82) is 0 Å². The molecular weight excluding hydrogens is 379 g/mol. The average Bonchev–Trinajstić information content (AvgIpc) is 2.66. The van der Waals surface area contributed by atoms with E-state index in [2.05, 4.69) is 20.0 Å². The molecule has 2 aromatic carbocycles. The van der Waals surface area contributed by atoms with Crippen LogP contribution < -0.4 is 10.1 Å². The Labute approximate surface area is 156 Å². The summed E-state index contributed by atoms with van der Waals surface area (Å²) < 4.78 is 44.9. The number of nitrogens with one attached hydrogen (secondary N) is 1. The van der Waals surface area contributed by atoms with Crippen LogP contribution in [0.2, 0.25) is 0 Å². The van der Waals surface area contributed by atoms with Gasteiger partial charge in [-0.2, -0.15) is 0 Å². The summed E-state index contributed by atoms with van der Waals surface area (Å²) in [6.07, 6.45) is -3.56. The van der Waals surface area contributed by atoms with E-state index in [4.69, 9.17) is 4.74 Å². The Morgan fingerprint density at radius 3 is 2.36 bits per heavy atom. The molecule has 0 fully saturated rings. The quantitative estimate of drug-likeness (QED) is 0.671. The Morgan fingerprint density at radius 1 is 1.00 bits per heavy atom. The molecule has 1 N–H and O–H groups in total. The minimum atomic E-state index is -4.80. The van der Waals surface area contributed by atoms with E-state index in [0.717, 1.165) is 12.1 Å². The normalized spacial score (nSPS) is 11.1. The zero-order chi connectivity index (χ0) is 20.1. The van der Waals surface area contributed by atoms with Gasteiger partial charge in [-0.1, -0.05) is 12.1 Å². The van der Waals surface area contributed by atoms with Crippen LogP contribution in [0.25, 0.3) is 11.0 Å². The highest BCUT2D eigenvalue weighted by molar-refractivity contribution is 5.95. The minimum absolute atomic E-state index is 0.0554. The molecule has 0 atom stereocenters. The highest BCUT2D eigenvalue weighted by atomic mass is 19.4. The second-order valence-electron chi connectivity index (χ2n) is 5.44. The number of anilines is 1. The van der Waals surface area contributed by atoms with Gasteiger partial charge < -0.3 is 14.8 Å². The largest absolute Gasteiger partial charge is 0.573 e. The second-order valence-corrected chi connectivity index (χ2v) is 5.44. The summed E-state index contributed by atoms with van der Waals surface area (Å²) in [7, 11) is 0. The SMILES string of the molecule is O=C(COC(=O)c1cnc2ccccc2n1)Nc1ccc(OC(F)(F)F)cc1. The molecule has 1 amide bonds. The molecule has 1 heterocycles. The molecule has 0 aliphatic rings. The number of carbonyl (C=O) groups excluding carboxylic acids is 2. The molecule has 0 bridgehead atoms. The van der Waals surface area contributed by atoms with Crippen LogP contribution in [0.5, 0.6) is 5.75 Å². The first-order chi connectivity index (χ1) is 13.3. The molecule has 0 unspecified atom stereocenters. The molecule has 0 radical (unpaired) electrons. The van der Waals surface area contributed by atoms with Gasteiger partial charge in [0.05, 0.1) is 17.2 Å². The predicted octanol–water partition coefficient (Wildman–Crippen LogP) is 3.32. The number of amides is 1. The first-order valence-electron chi connectivity index (χ1n) is 7.85. The number of hydrogen-bond acceptors (Lipinski definition) is 6. The number of fused-ring (bicyclic) bond motifs is 1. The van der Waals surface area contributed by atoms with Gasteiger partial charge in [-0.05, 0) is 36.4 Å². The van der Waals surface area contributed by atoms with Gasteiger partial charge in [0.2, 0.25) is 0 Å². The summed E-state index contributed by atoms with van der Waals surface area (Å²) in [5, 5.41) is 2.38. The van der Waals surface area contributed by atoms with Crippen molar-refractivity contribution in [3.63, 3.8) is 0 Å². The molecule has 10 heteroatoms. The first kappa shape index (κ1) is 19.1. The fraction of sp³-hybridized carbons (Fsp3) is 0.111. The lowest BCUT2D eigenvalue weighted by Gasteiger charge is -2.10. The molecule has 28 heavy (non-hydrogen) atoms. The van der Waals surface area contributed by atoms with Crippen molar-refractivity contribution < 1.29 is 32.2 Å². The zero-order valence-corrected chi connectivity index (χ0v) is 14.1. The Kier molecular flexibility index (Phi) is 5.39. The maximum absolute atomic E-state index is 12.1. The summed E-state index contributed by atoms with van der Waals surface area (Å²) in [4.78, 5) is 32.0. The van der Waals surface area contributed by atoms with Gasteiger partial charge in [-0.3, -0.25) is 9.78 Å². The van der Waals surface area contributed by atoms with E-state index in [-0.39, 0.29) is 11.4 Å². The number of rotatable bonds is 5. The van der Waals surface area contributed by atoms with Crippen LogP contribution in [0.15, 0.2) is 54.7 Å². The number of alkyl halides is 3. The van der Waals surface area contributed by atoms with Crippen LogP contribution >= 0.6 is 0 Å². The van der Waals surface area contributed by atoms with Gasteiger partial charge in [-0.15, -0.1) is 13.2 Å². The van der Waals surface area contributed by atoms with E-state index in [1.165, 1.54) is 18.3 Å². The van der Waals surface area contributed by atoms with Gasteiger partial charge in [0.1, 0.15) is 5.75 Å². The number of esters is 1. The van der Waals surface area contributed by atoms with E-state index in [1.54, 1.807) is 24.3 Å². The maximum Gasteiger partial charge on any atom is 0.573 e. The molecule has 0 aliphatic carbocycles. The number of nitrogens with zero attached hydrogens (tertiary/aromatic N) is 2. The van der Waals surface area contributed by atoms with Crippen molar-refractivity contribution in [2.24, 2.45) is 0 Å². The van der Waals surface area contributed by atoms with Crippen LogP contribution in [0, 0.1) is 0 Å². The number of ether oxygens (including phenoxy) is 2. The lowest BCUT2D eigenvalue weighted by molar-refractivity contribution is -0.274. The van der Waals surface area contributed by atoms with E-state index < -0.39 is 30.6 Å². The van der Waals surface area contributed by atoms with Crippen LogP contribution in [0.1, 0.15) is 10.5 Å². The van der Waals surface area contributed by atoms with Gasteiger partial charge in [0, 0.05) is 5.69 Å². The number of hydrogen-bond donors (Lipinski definition) is 1. The van der Waals surface area contributed by atoms with E-state index >= 15 is 0 Å². The second kappa shape index (κ2) is 7.91. The average molecular weight is 391 g/mol. The van der Waals surface area contributed by atoms with E-state index in [9.17, 15) is 22.8 Å². The molecular formula is C18H12F3N3O4. The third-order valence-electron chi connectivity index (χ3n) is 3.36. The van der Waals surface area contributed by atoms with Crippen molar-refractivity contribution in [1.82, 2.24) is 9.97 Å². The third kappa shape index (κ3) is 5.16. The fourth-order valence-corrected chi connectivity index (χ4v) is 2.20. The number of carbonyl (C=O) groups is 2. The number of benzene rings is 2. The van der Waals surface area contributed by atoms with Crippen LogP contribution in [0.4, 0.5) is 18.9 Å². The maximum atomic E-state index is 12.1. The van der Waals surface area contributed by atoms with E-state index in [1.807, 2.05) is 0 Å². The predicted molar refractivity (Wildman–Crippen MR) is 91.6 cm³/mol. The van der Waals surface area contributed by atoms with Crippen molar-refractivity contribution >= 4 is 28.6 Å². The summed E-state index contributed by atoms with van der Waals surface area (Å²) in [6, 6.07) is 11.4. The van der Waals surface area contributed by atoms with E-state index in [0.29, 0.717) is 11.0 Å². The van der Waals surface area contributed by atoms with Crippen molar-refractivity contribution in [3.8, 4) is 5.75 Å². The van der Waals surface area contributed by atoms with Gasteiger partial charge in [0.25, 0.3) is 5.91 Å². The highest BCUT2D eigenvalue weighted by Crippen LogP contribution is 2.23. The third-order valence-corrected chi connectivity index (χ3v) is 3.36.